The van der Waals surface area contributed by atoms with Gasteiger partial charge in [-0.2, -0.15) is 0 Å². The van der Waals surface area contributed by atoms with Gasteiger partial charge in [-0.3, -0.25) is 0 Å². The molecule has 0 bridgehead atoms. The molecule has 0 aliphatic carbocycles. The summed E-state index contributed by atoms with van der Waals surface area (Å²) in [5.41, 5.74) is 6.41. The predicted octanol–water partition coefficient (Wildman–Crippen LogP) is 2.15. The lowest BCUT2D eigenvalue weighted by molar-refractivity contribution is 0.915. The second-order valence-electron chi connectivity index (χ2n) is 2.61. The zero-order valence-electron chi connectivity index (χ0n) is 7.38. The van der Waals surface area contributed by atoms with Crippen LogP contribution in [0.2, 0.25) is 0 Å². The Morgan fingerprint density at radius 3 is 2.71 bits per heavy atom. The van der Waals surface area contributed by atoms with Crippen LogP contribution < -0.4 is 5.73 Å². The topological polar surface area (TPSA) is 51.8 Å². The van der Waals surface area contributed by atoms with Gasteiger partial charge in [-0.15, -0.1) is 11.3 Å². The molecular formula is C9H9N3S2. The Bertz CT molecular complexity index is 383. The molecule has 0 aromatic carbocycles. The van der Waals surface area contributed by atoms with E-state index in [4.69, 9.17) is 5.73 Å². The van der Waals surface area contributed by atoms with E-state index in [0.29, 0.717) is 6.54 Å². The molecule has 0 fully saturated rings. The van der Waals surface area contributed by atoms with Gasteiger partial charge in [0, 0.05) is 24.5 Å². The normalized spacial score (nSPS) is 10.4. The Morgan fingerprint density at radius 1 is 1.36 bits per heavy atom. The molecule has 0 aliphatic rings. The SMILES string of the molecule is NCc1cnc(Sc2cccs2)nc1. The summed E-state index contributed by atoms with van der Waals surface area (Å²) < 4.78 is 1.20. The fourth-order valence-electron chi connectivity index (χ4n) is 0.913. The Balaban J connectivity index is 2.10. The third kappa shape index (κ3) is 2.31. The molecule has 3 nitrogen and oxygen atoms in total. The third-order valence-corrected chi connectivity index (χ3v) is 3.54. The average molecular weight is 223 g/mol. The summed E-state index contributed by atoms with van der Waals surface area (Å²) in [7, 11) is 0. The van der Waals surface area contributed by atoms with Gasteiger partial charge in [0.05, 0.1) is 4.21 Å². The summed E-state index contributed by atoms with van der Waals surface area (Å²) in [6.45, 7) is 0.490. The minimum absolute atomic E-state index is 0.490. The van der Waals surface area contributed by atoms with Crippen molar-refractivity contribution in [1.82, 2.24) is 9.97 Å². The molecule has 0 radical (unpaired) electrons. The first-order chi connectivity index (χ1) is 6.88. The highest BCUT2D eigenvalue weighted by Gasteiger charge is 2.00. The van der Waals surface area contributed by atoms with E-state index < -0.39 is 0 Å². The highest BCUT2D eigenvalue weighted by atomic mass is 32.2. The molecule has 2 aromatic rings. The van der Waals surface area contributed by atoms with Crippen LogP contribution in [0.3, 0.4) is 0 Å². The van der Waals surface area contributed by atoms with Gasteiger partial charge in [-0.25, -0.2) is 9.97 Å². The van der Waals surface area contributed by atoms with Gasteiger partial charge in [0.1, 0.15) is 0 Å². The summed E-state index contributed by atoms with van der Waals surface area (Å²) in [6, 6.07) is 4.07. The van der Waals surface area contributed by atoms with E-state index in [1.165, 1.54) is 4.21 Å². The van der Waals surface area contributed by atoms with Crippen LogP contribution in [0.15, 0.2) is 39.3 Å². The number of aromatic nitrogens is 2. The minimum Gasteiger partial charge on any atom is -0.326 e. The van der Waals surface area contributed by atoms with Crippen LogP contribution in [0.25, 0.3) is 0 Å². The Kier molecular flexibility index (Phi) is 3.13. The number of nitrogens with two attached hydrogens (primary N) is 1. The summed E-state index contributed by atoms with van der Waals surface area (Å²) in [4.78, 5) is 8.41. The molecular weight excluding hydrogens is 214 g/mol. The van der Waals surface area contributed by atoms with Gasteiger partial charge >= 0.3 is 0 Å². The number of rotatable bonds is 3. The number of nitrogens with zero attached hydrogens (tertiary/aromatic N) is 2. The van der Waals surface area contributed by atoms with Crippen molar-refractivity contribution >= 4 is 23.1 Å². The highest BCUT2D eigenvalue weighted by molar-refractivity contribution is 8.01. The van der Waals surface area contributed by atoms with E-state index in [9.17, 15) is 0 Å². The maximum Gasteiger partial charge on any atom is 0.193 e. The van der Waals surface area contributed by atoms with Crippen molar-refractivity contribution in [3.05, 3.63) is 35.5 Å². The summed E-state index contributed by atoms with van der Waals surface area (Å²) in [5.74, 6) is 0. The molecule has 0 unspecified atom stereocenters. The van der Waals surface area contributed by atoms with E-state index in [-0.39, 0.29) is 0 Å². The van der Waals surface area contributed by atoms with E-state index in [1.807, 2.05) is 11.4 Å². The zero-order chi connectivity index (χ0) is 9.80. The Hall–Kier alpha value is -0.910. The summed E-state index contributed by atoms with van der Waals surface area (Å²) in [5, 5.41) is 2.81. The molecule has 0 saturated heterocycles. The third-order valence-electron chi connectivity index (χ3n) is 1.60. The first-order valence-corrected chi connectivity index (χ1v) is 5.80. The smallest absolute Gasteiger partial charge is 0.193 e. The lowest BCUT2D eigenvalue weighted by atomic mass is 10.4. The molecule has 0 aliphatic heterocycles. The minimum atomic E-state index is 0.490. The van der Waals surface area contributed by atoms with E-state index in [0.717, 1.165) is 10.7 Å². The molecule has 2 heterocycles. The van der Waals surface area contributed by atoms with Gasteiger partial charge < -0.3 is 5.73 Å². The molecule has 0 amide bonds. The van der Waals surface area contributed by atoms with Crippen LogP contribution in [0.5, 0.6) is 0 Å². The fraction of sp³-hybridized carbons (Fsp3) is 0.111. The van der Waals surface area contributed by atoms with Gasteiger partial charge in [-0.05, 0) is 23.2 Å². The Labute approximate surface area is 90.4 Å². The van der Waals surface area contributed by atoms with Crippen molar-refractivity contribution in [3.8, 4) is 0 Å². The van der Waals surface area contributed by atoms with Crippen molar-refractivity contribution in [3.63, 3.8) is 0 Å². The Morgan fingerprint density at radius 2 is 2.14 bits per heavy atom. The van der Waals surface area contributed by atoms with Crippen LogP contribution in [0.1, 0.15) is 5.56 Å². The molecule has 14 heavy (non-hydrogen) atoms. The van der Waals surface area contributed by atoms with E-state index in [2.05, 4.69) is 16.0 Å². The second-order valence-corrected chi connectivity index (χ2v) is 4.83. The lowest BCUT2D eigenvalue weighted by Crippen LogP contribution is -1.98. The maximum absolute atomic E-state index is 5.45. The number of hydrogen-bond donors (Lipinski definition) is 1. The predicted molar refractivity (Wildman–Crippen MR) is 58.4 cm³/mol. The van der Waals surface area contributed by atoms with Crippen molar-refractivity contribution in [2.24, 2.45) is 5.73 Å². The molecule has 0 saturated carbocycles. The van der Waals surface area contributed by atoms with Gasteiger partial charge in [0.25, 0.3) is 0 Å². The molecule has 5 heteroatoms. The molecule has 2 rings (SSSR count). The lowest BCUT2D eigenvalue weighted by Gasteiger charge is -1.97. The van der Waals surface area contributed by atoms with Crippen LogP contribution in [-0.4, -0.2) is 9.97 Å². The first kappa shape index (κ1) is 9.64. The zero-order valence-corrected chi connectivity index (χ0v) is 9.02. The van der Waals surface area contributed by atoms with Gasteiger partial charge in [0.2, 0.25) is 0 Å². The molecule has 0 spiro atoms. The largest absolute Gasteiger partial charge is 0.326 e. The van der Waals surface area contributed by atoms with Crippen molar-refractivity contribution in [2.75, 3.05) is 0 Å². The average Bonchev–Trinajstić information content (AvgIpc) is 2.72. The molecule has 72 valence electrons. The molecule has 2 N–H and O–H groups in total. The van der Waals surface area contributed by atoms with Crippen LogP contribution in [0.4, 0.5) is 0 Å². The monoisotopic (exact) mass is 223 g/mol. The van der Waals surface area contributed by atoms with Crippen molar-refractivity contribution < 1.29 is 0 Å². The van der Waals surface area contributed by atoms with E-state index >= 15 is 0 Å². The maximum atomic E-state index is 5.45. The van der Waals surface area contributed by atoms with Crippen LogP contribution in [0, 0.1) is 0 Å². The van der Waals surface area contributed by atoms with E-state index in [1.54, 1.807) is 35.5 Å². The number of hydrogen-bond acceptors (Lipinski definition) is 5. The first-order valence-electron chi connectivity index (χ1n) is 4.11. The quantitative estimate of drug-likeness (QED) is 0.810. The number of thiophene rings is 1. The summed E-state index contributed by atoms with van der Waals surface area (Å²) >= 11 is 3.25. The highest BCUT2D eigenvalue weighted by Crippen LogP contribution is 2.28. The molecule has 0 atom stereocenters. The van der Waals surface area contributed by atoms with Crippen molar-refractivity contribution in [1.29, 1.82) is 0 Å². The molecule has 2 aromatic heterocycles. The second kappa shape index (κ2) is 4.54. The fourth-order valence-corrected chi connectivity index (χ4v) is 2.48. The van der Waals surface area contributed by atoms with Gasteiger partial charge in [-0.1, -0.05) is 6.07 Å². The van der Waals surface area contributed by atoms with Crippen molar-refractivity contribution in [2.45, 2.75) is 15.9 Å². The standard InChI is InChI=1S/C9H9N3S2/c10-4-7-5-11-9(12-6-7)14-8-2-1-3-13-8/h1-3,5-6H,4,10H2. The van der Waals surface area contributed by atoms with Crippen LogP contribution in [-0.2, 0) is 6.54 Å². The van der Waals surface area contributed by atoms with Crippen LogP contribution >= 0.6 is 23.1 Å². The summed E-state index contributed by atoms with van der Waals surface area (Å²) in [6.07, 6.45) is 3.53. The van der Waals surface area contributed by atoms with Gasteiger partial charge in [0.15, 0.2) is 5.16 Å².